The van der Waals surface area contributed by atoms with Gasteiger partial charge in [0.15, 0.2) is 0 Å². The Hall–Kier alpha value is -5.08. The molecule has 0 unspecified atom stereocenters. The molecule has 0 spiro atoms. The van der Waals surface area contributed by atoms with Crippen LogP contribution in [0.15, 0.2) is 88.7 Å². The molecule has 0 bridgehead atoms. The Kier molecular flexibility index (Phi) is 7.50. The number of fused-ring (bicyclic) bond motifs is 2. The molecule has 5 aromatic rings. The summed E-state index contributed by atoms with van der Waals surface area (Å²) in [6.45, 7) is 1.15. The first-order valence-electron chi connectivity index (χ1n) is 12.7. The van der Waals surface area contributed by atoms with Crippen LogP contribution >= 0.6 is 0 Å². The molecule has 10 nitrogen and oxygen atoms in total. The third kappa shape index (κ3) is 5.37. The van der Waals surface area contributed by atoms with Crippen molar-refractivity contribution in [3.05, 3.63) is 106 Å². The minimum Gasteiger partial charge on any atom is -0.465 e. The van der Waals surface area contributed by atoms with Gasteiger partial charge in [-0.25, -0.2) is 13.4 Å². The van der Waals surface area contributed by atoms with Crippen LogP contribution in [-0.2, 0) is 33.0 Å². The number of aromatic nitrogens is 3. The maximum Gasteiger partial charge on any atom is 0.326 e. The monoisotopic (exact) mass is 567 g/mol. The van der Waals surface area contributed by atoms with Gasteiger partial charge >= 0.3 is 5.97 Å². The Balaban J connectivity index is 1.63. The number of rotatable bonds is 8. The number of para-hydroxylation sites is 1. The molecule has 0 aliphatic carbocycles. The number of nitriles is 1. The smallest absolute Gasteiger partial charge is 0.326 e. The van der Waals surface area contributed by atoms with Gasteiger partial charge in [0.05, 0.1) is 40.5 Å². The van der Waals surface area contributed by atoms with Crippen LogP contribution in [0.5, 0.6) is 0 Å². The van der Waals surface area contributed by atoms with Crippen molar-refractivity contribution in [2.24, 2.45) is 7.05 Å². The lowest BCUT2D eigenvalue weighted by molar-refractivity contribution is -0.141. The van der Waals surface area contributed by atoms with Gasteiger partial charge in [0.1, 0.15) is 17.1 Å². The first kappa shape index (κ1) is 27.5. The normalized spacial score (nSPS) is 11.3. The van der Waals surface area contributed by atoms with Gasteiger partial charge in [-0.2, -0.15) is 5.26 Å². The number of benzene rings is 3. The summed E-state index contributed by atoms with van der Waals surface area (Å²) < 4.78 is 35.7. The Morgan fingerprint density at radius 3 is 2.56 bits per heavy atom. The first-order valence-corrected chi connectivity index (χ1v) is 14.2. The van der Waals surface area contributed by atoms with Crippen molar-refractivity contribution < 1.29 is 17.9 Å². The van der Waals surface area contributed by atoms with E-state index < -0.39 is 22.5 Å². The van der Waals surface area contributed by atoms with E-state index >= 15 is 0 Å². The van der Waals surface area contributed by atoms with Gasteiger partial charge in [-0.05, 0) is 55.0 Å². The van der Waals surface area contributed by atoms with Crippen molar-refractivity contribution in [1.82, 2.24) is 14.5 Å². The summed E-state index contributed by atoms with van der Waals surface area (Å²) in [7, 11) is -2.68. The van der Waals surface area contributed by atoms with E-state index in [0.717, 1.165) is 9.87 Å². The van der Waals surface area contributed by atoms with E-state index in [1.807, 2.05) is 0 Å². The van der Waals surface area contributed by atoms with Gasteiger partial charge in [-0.3, -0.25) is 18.9 Å². The van der Waals surface area contributed by atoms with E-state index in [4.69, 9.17) is 10.00 Å². The van der Waals surface area contributed by atoms with Crippen LogP contribution in [0.1, 0.15) is 23.7 Å². The summed E-state index contributed by atoms with van der Waals surface area (Å²) in [5.41, 5.74) is 2.55. The SMILES string of the molecule is CCOC(=O)CN(c1ccc2c(c1)nc(Cc1ccc(C#N)cc1)c(=O)n2C)S(=O)(=O)c1cccc2cccnc12. The second-order valence-corrected chi connectivity index (χ2v) is 11.1. The van der Waals surface area contributed by atoms with E-state index in [-0.39, 0.29) is 40.4 Å². The maximum atomic E-state index is 14.1. The molecule has 11 heteroatoms. The summed E-state index contributed by atoms with van der Waals surface area (Å²) in [4.78, 5) is 34.5. The number of carbonyl (C=O) groups is 1. The van der Waals surface area contributed by atoms with Crippen molar-refractivity contribution in [1.29, 1.82) is 5.26 Å². The van der Waals surface area contributed by atoms with Crippen LogP contribution in [0.3, 0.4) is 0 Å². The number of esters is 1. The molecular formula is C30H25N5O5S. The summed E-state index contributed by atoms with van der Waals surface area (Å²) in [5.74, 6) is -0.723. The molecule has 0 radical (unpaired) electrons. The first-order chi connectivity index (χ1) is 19.7. The number of pyridine rings is 1. The lowest BCUT2D eigenvalue weighted by Gasteiger charge is -2.24. The minimum atomic E-state index is -4.30. The highest BCUT2D eigenvalue weighted by molar-refractivity contribution is 7.93. The van der Waals surface area contributed by atoms with E-state index in [1.54, 1.807) is 68.6 Å². The molecule has 0 amide bonds. The number of anilines is 1. The number of ether oxygens (including phenoxy) is 1. The number of aryl methyl sites for hydroxylation is 1. The molecule has 0 N–H and O–H groups in total. The fraction of sp³-hybridized carbons (Fsp3) is 0.167. The third-order valence-corrected chi connectivity index (χ3v) is 8.42. The number of hydrogen-bond acceptors (Lipinski definition) is 8. The zero-order valence-corrected chi connectivity index (χ0v) is 23.1. The van der Waals surface area contributed by atoms with Gasteiger partial charge < -0.3 is 9.30 Å². The van der Waals surface area contributed by atoms with Gasteiger partial charge in [0.25, 0.3) is 15.6 Å². The van der Waals surface area contributed by atoms with Crippen LogP contribution in [0, 0.1) is 11.3 Å². The second-order valence-electron chi connectivity index (χ2n) is 9.23. The van der Waals surface area contributed by atoms with Gasteiger partial charge in [0, 0.05) is 25.1 Å². The molecule has 0 atom stereocenters. The van der Waals surface area contributed by atoms with Gasteiger partial charge in [-0.15, -0.1) is 0 Å². The molecule has 0 aliphatic rings. The Morgan fingerprint density at radius 2 is 1.83 bits per heavy atom. The fourth-order valence-electron chi connectivity index (χ4n) is 4.58. The molecule has 3 aromatic carbocycles. The number of sulfonamides is 1. The van der Waals surface area contributed by atoms with Crippen LogP contribution in [0.25, 0.3) is 21.9 Å². The molecule has 2 heterocycles. The molecule has 0 fully saturated rings. The molecule has 206 valence electrons. The Bertz CT molecular complexity index is 1990. The zero-order chi connectivity index (χ0) is 29.1. The van der Waals surface area contributed by atoms with Gasteiger partial charge in [-0.1, -0.05) is 30.3 Å². The summed E-state index contributed by atoms with van der Waals surface area (Å²) in [6, 6.07) is 21.9. The minimum absolute atomic E-state index is 0.0603. The van der Waals surface area contributed by atoms with E-state index in [9.17, 15) is 18.0 Å². The fourth-order valence-corrected chi connectivity index (χ4v) is 6.15. The molecule has 2 aromatic heterocycles. The maximum absolute atomic E-state index is 14.1. The average Bonchev–Trinajstić information content (AvgIpc) is 2.98. The lowest BCUT2D eigenvalue weighted by Crippen LogP contribution is -2.37. The summed E-state index contributed by atoms with van der Waals surface area (Å²) in [6.07, 6.45) is 1.72. The third-order valence-electron chi connectivity index (χ3n) is 6.61. The molecular weight excluding hydrogens is 542 g/mol. The van der Waals surface area contributed by atoms with Crippen molar-refractivity contribution in [3.8, 4) is 6.07 Å². The predicted octanol–water partition coefficient (Wildman–Crippen LogP) is 3.70. The highest BCUT2D eigenvalue weighted by Crippen LogP contribution is 2.30. The van der Waals surface area contributed by atoms with Crippen molar-refractivity contribution >= 4 is 43.6 Å². The van der Waals surface area contributed by atoms with Crippen LogP contribution in [0.2, 0.25) is 0 Å². The van der Waals surface area contributed by atoms with E-state index in [0.29, 0.717) is 22.0 Å². The van der Waals surface area contributed by atoms with Crippen LogP contribution < -0.4 is 9.86 Å². The van der Waals surface area contributed by atoms with Crippen molar-refractivity contribution in [2.45, 2.75) is 18.2 Å². The highest BCUT2D eigenvalue weighted by Gasteiger charge is 2.30. The Labute approximate surface area is 236 Å². The zero-order valence-electron chi connectivity index (χ0n) is 22.3. The average molecular weight is 568 g/mol. The number of hydrogen-bond donors (Lipinski definition) is 0. The summed E-state index contributed by atoms with van der Waals surface area (Å²) in [5, 5.41) is 9.69. The van der Waals surface area contributed by atoms with E-state index in [2.05, 4.69) is 16.0 Å². The topological polar surface area (TPSA) is 135 Å². The van der Waals surface area contributed by atoms with Gasteiger partial charge in [0.2, 0.25) is 0 Å². The second kappa shape index (κ2) is 11.2. The number of nitrogens with zero attached hydrogens (tertiary/aromatic N) is 5. The van der Waals surface area contributed by atoms with Crippen molar-refractivity contribution in [3.63, 3.8) is 0 Å². The number of carbonyl (C=O) groups excluding carboxylic acids is 1. The lowest BCUT2D eigenvalue weighted by atomic mass is 10.1. The van der Waals surface area contributed by atoms with E-state index in [1.165, 1.54) is 29.0 Å². The van der Waals surface area contributed by atoms with Crippen molar-refractivity contribution in [2.75, 3.05) is 17.5 Å². The predicted molar refractivity (Wildman–Crippen MR) is 154 cm³/mol. The standard InChI is InChI=1S/C30H25N5O5S/c1-3-40-28(36)19-35(41(38,39)27-8-4-6-22-7-5-15-32-29(22)27)23-13-14-26-24(17-23)33-25(30(37)34(26)2)16-20-9-11-21(18-31)12-10-20/h4-15,17H,3,16,19H2,1-2H3. The largest absolute Gasteiger partial charge is 0.465 e. The molecule has 0 saturated carbocycles. The summed E-state index contributed by atoms with van der Waals surface area (Å²) >= 11 is 0. The highest BCUT2D eigenvalue weighted by atomic mass is 32.2. The van der Waals surface area contributed by atoms with Crippen LogP contribution in [-0.4, -0.2) is 42.1 Å². The molecule has 0 aliphatic heterocycles. The Morgan fingerprint density at radius 1 is 1.07 bits per heavy atom. The molecule has 0 saturated heterocycles. The molecule has 41 heavy (non-hydrogen) atoms. The van der Waals surface area contributed by atoms with Crippen LogP contribution in [0.4, 0.5) is 5.69 Å². The molecule has 5 rings (SSSR count). The quantitative estimate of drug-likeness (QED) is 0.259.